The monoisotopic (exact) mass is 564 g/mol. The molecule has 0 unspecified atom stereocenters. The third-order valence-electron chi connectivity index (χ3n) is 8.27. The summed E-state index contributed by atoms with van der Waals surface area (Å²) in [5.41, 5.74) is 0.755. The van der Waals surface area contributed by atoms with Crippen LogP contribution in [0.4, 0.5) is 30.2 Å². The van der Waals surface area contributed by atoms with E-state index in [1.54, 1.807) is 18.2 Å². The van der Waals surface area contributed by atoms with Crippen molar-refractivity contribution < 1.29 is 22.8 Å². The van der Waals surface area contributed by atoms with E-state index in [0.29, 0.717) is 17.4 Å². The number of halogens is 4. The molecule has 5 rings (SSSR count). The number of hydrogen-bond donors (Lipinski definition) is 4. The van der Waals surface area contributed by atoms with Crippen molar-refractivity contribution in [2.24, 2.45) is 0 Å². The fourth-order valence-electron chi connectivity index (χ4n) is 6.01. The Balaban J connectivity index is 0.00000353. The first-order chi connectivity index (χ1) is 18.0. The van der Waals surface area contributed by atoms with E-state index < -0.39 is 23.1 Å². The molecule has 3 aliphatic rings. The predicted molar refractivity (Wildman–Crippen MR) is 150 cm³/mol. The minimum Gasteiger partial charge on any atom is -0.380 e. The molecule has 2 aromatic carbocycles. The molecule has 2 aliphatic carbocycles. The Morgan fingerprint density at radius 3 is 2.31 bits per heavy atom. The summed E-state index contributed by atoms with van der Waals surface area (Å²) in [6, 6.07) is 8.91. The number of alkyl halides is 3. The number of nitrogens with one attached hydrogen (secondary N) is 4. The average Bonchev–Trinajstić information content (AvgIpc) is 3.45. The Bertz CT molecular complexity index is 1230. The van der Waals surface area contributed by atoms with Crippen LogP contribution in [-0.2, 0) is 16.4 Å². The first-order valence-corrected chi connectivity index (χ1v) is 13.5. The van der Waals surface area contributed by atoms with Crippen molar-refractivity contribution in [1.82, 2.24) is 5.32 Å². The van der Waals surface area contributed by atoms with Gasteiger partial charge in [-0.25, -0.2) is 0 Å². The average molecular weight is 565 g/mol. The summed E-state index contributed by atoms with van der Waals surface area (Å²) in [4.78, 5) is 25.6. The molecular weight excluding hydrogens is 529 g/mol. The molecule has 1 heterocycles. The van der Waals surface area contributed by atoms with E-state index in [1.165, 1.54) is 18.9 Å². The number of anilines is 3. The van der Waals surface area contributed by atoms with Crippen LogP contribution in [0.2, 0.25) is 0 Å². The highest BCUT2D eigenvalue weighted by Crippen LogP contribution is 2.39. The van der Waals surface area contributed by atoms with Crippen LogP contribution in [0.25, 0.3) is 0 Å². The quantitative estimate of drug-likeness (QED) is 0.309. The molecule has 1 aliphatic heterocycles. The highest BCUT2D eigenvalue weighted by molar-refractivity contribution is 6.10. The van der Waals surface area contributed by atoms with E-state index in [1.807, 2.05) is 13.8 Å². The number of hydrogen-bond acceptors (Lipinski definition) is 4. The zero-order valence-corrected chi connectivity index (χ0v) is 23.0. The number of benzene rings is 2. The number of carbonyl (C=O) groups excluding carboxylic acids is 2. The molecule has 212 valence electrons. The van der Waals surface area contributed by atoms with E-state index in [4.69, 9.17) is 0 Å². The summed E-state index contributed by atoms with van der Waals surface area (Å²) < 4.78 is 40.9. The second-order valence-corrected chi connectivity index (χ2v) is 11.3. The van der Waals surface area contributed by atoms with Crippen molar-refractivity contribution >= 4 is 41.3 Å². The minimum absolute atomic E-state index is 0. The molecule has 0 bridgehead atoms. The summed E-state index contributed by atoms with van der Waals surface area (Å²) in [5.74, 6) is -0.640. The van der Waals surface area contributed by atoms with Crippen LogP contribution in [0.5, 0.6) is 0 Å². The topological polar surface area (TPSA) is 82.3 Å². The lowest BCUT2D eigenvalue weighted by Gasteiger charge is -2.36. The molecule has 0 spiro atoms. The lowest BCUT2D eigenvalue weighted by Crippen LogP contribution is -2.49. The first-order valence-electron chi connectivity index (χ1n) is 13.5. The van der Waals surface area contributed by atoms with Crippen LogP contribution in [0.15, 0.2) is 36.4 Å². The van der Waals surface area contributed by atoms with Gasteiger partial charge >= 0.3 is 6.18 Å². The van der Waals surface area contributed by atoms with Gasteiger partial charge in [0.15, 0.2) is 0 Å². The standard InChI is InChI=1S/C29H35F3N4O2.ClH/c1-28(2)21-14-12-19(16-25(21)36-27(28)38)34-26(37)20-13-11-17(29(30,31)32)15-24(20)35-23-10-6-5-9-22(23)33-18-7-3-4-8-18;/h11-16,18,22-23,33,35H,3-10H2,1-2H3,(H,34,37)(H,36,38);1H/t22-,23-;/m0./s1. The van der Waals surface area contributed by atoms with Crippen LogP contribution in [0.3, 0.4) is 0 Å². The third-order valence-corrected chi connectivity index (χ3v) is 8.27. The van der Waals surface area contributed by atoms with Crippen LogP contribution in [-0.4, -0.2) is 29.9 Å². The van der Waals surface area contributed by atoms with E-state index in [0.717, 1.165) is 56.2 Å². The van der Waals surface area contributed by atoms with Gasteiger partial charge in [0.05, 0.1) is 16.5 Å². The van der Waals surface area contributed by atoms with Gasteiger partial charge in [-0.2, -0.15) is 13.2 Å². The summed E-state index contributed by atoms with van der Waals surface area (Å²) >= 11 is 0. The fraction of sp³-hybridized carbons (Fsp3) is 0.517. The largest absolute Gasteiger partial charge is 0.416 e. The van der Waals surface area contributed by atoms with Gasteiger partial charge in [-0.15, -0.1) is 12.4 Å². The third kappa shape index (κ3) is 6.19. The van der Waals surface area contributed by atoms with E-state index in [9.17, 15) is 22.8 Å². The van der Waals surface area contributed by atoms with Crippen molar-refractivity contribution in [2.45, 2.75) is 94.9 Å². The Morgan fingerprint density at radius 1 is 0.949 bits per heavy atom. The summed E-state index contributed by atoms with van der Waals surface area (Å²) in [5, 5.41) is 12.7. The molecule has 2 atom stereocenters. The highest BCUT2D eigenvalue weighted by atomic mass is 35.5. The van der Waals surface area contributed by atoms with Crippen LogP contribution in [0, 0.1) is 0 Å². The Labute approximate surface area is 233 Å². The summed E-state index contributed by atoms with van der Waals surface area (Å²) in [6.07, 6.45) is 3.95. The highest BCUT2D eigenvalue weighted by Gasteiger charge is 2.38. The van der Waals surface area contributed by atoms with Crippen molar-refractivity contribution in [2.75, 3.05) is 16.0 Å². The number of carbonyl (C=O) groups is 2. The number of fused-ring (bicyclic) bond motifs is 1. The second kappa shape index (κ2) is 11.4. The Hall–Kier alpha value is -2.78. The molecule has 39 heavy (non-hydrogen) atoms. The van der Waals surface area contributed by atoms with Crippen molar-refractivity contribution in [3.05, 3.63) is 53.1 Å². The van der Waals surface area contributed by atoms with Gasteiger partial charge < -0.3 is 21.3 Å². The van der Waals surface area contributed by atoms with Gasteiger partial charge in [0.25, 0.3) is 5.91 Å². The van der Waals surface area contributed by atoms with Gasteiger partial charge in [0.1, 0.15) is 0 Å². The molecule has 2 saturated carbocycles. The molecule has 0 saturated heterocycles. The van der Waals surface area contributed by atoms with Gasteiger partial charge in [-0.1, -0.05) is 31.7 Å². The molecular formula is C29H36ClF3N4O2. The van der Waals surface area contributed by atoms with Crippen LogP contribution in [0.1, 0.15) is 86.7 Å². The first kappa shape index (κ1) is 29.2. The van der Waals surface area contributed by atoms with Crippen molar-refractivity contribution in [1.29, 1.82) is 0 Å². The fourth-order valence-corrected chi connectivity index (χ4v) is 6.01. The maximum atomic E-state index is 13.6. The zero-order valence-electron chi connectivity index (χ0n) is 22.2. The summed E-state index contributed by atoms with van der Waals surface area (Å²) in [6.45, 7) is 3.65. The van der Waals surface area contributed by atoms with Gasteiger partial charge in [-0.05, 0) is 75.4 Å². The lowest BCUT2D eigenvalue weighted by molar-refractivity contribution is -0.137. The molecule has 2 fully saturated rings. The van der Waals surface area contributed by atoms with Crippen LogP contribution >= 0.6 is 12.4 Å². The van der Waals surface area contributed by atoms with Gasteiger partial charge in [-0.3, -0.25) is 9.59 Å². The maximum Gasteiger partial charge on any atom is 0.416 e. The lowest BCUT2D eigenvalue weighted by atomic mass is 9.86. The molecule has 6 nitrogen and oxygen atoms in total. The Morgan fingerprint density at radius 2 is 1.62 bits per heavy atom. The maximum absolute atomic E-state index is 13.6. The van der Waals surface area contributed by atoms with Gasteiger partial charge in [0.2, 0.25) is 5.91 Å². The molecule has 10 heteroatoms. The van der Waals surface area contributed by atoms with Crippen molar-refractivity contribution in [3.8, 4) is 0 Å². The summed E-state index contributed by atoms with van der Waals surface area (Å²) in [7, 11) is 0. The number of rotatable bonds is 6. The van der Waals surface area contributed by atoms with E-state index in [2.05, 4.69) is 21.3 Å². The zero-order chi connectivity index (χ0) is 27.1. The molecule has 0 aromatic heterocycles. The predicted octanol–water partition coefficient (Wildman–Crippen LogP) is 6.86. The minimum atomic E-state index is -4.52. The second-order valence-electron chi connectivity index (χ2n) is 11.3. The van der Waals surface area contributed by atoms with Crippen LogP contribution < -0.4 is 21.3 Å². The molecule has 2 amide bonds. The van der Waals surface area contributed by atoms with Gasteiger partial charge in [0, 0.05) is 35.2 Å². The molecule has 0 radical (unpaired) electrons. The van der Waals surface area contributed by atoms with Crippen molar-refractivity contribution in [3.63, 3.8) is 0 Å². The van der Waals surface area contributed by atoms with E-state index >= 15 is 0 Å². The SMILES string of the molecule is CC1(C)C(=O)Nc2cc(NC(=O)c3ccc(C(F)(F)F)cc3N[C@H]3CCCC[C@@H]3NC3CCCC3)ccc21.Cl. The van der Waals surface area contributed by atoms with E-state index in [-0.39, 0.29) is 41.6 Å². The smallest absolute Gasteiger partial charge is 0.380 e. The molecule has 4 N–H and O–H groups in total. The molecule has 2 aromatic rings. The Kier molecular flexibility index (Phi) is 8.52. The normalized spacial score (nSPS) is 22.5. The number of amides is 2.